The first-order chi connectivity index (χ1) is 20.1. The van der Waals surface area contributed by atoms with Crippen LogP contribution in [-0.2, 0) is 29.2 Å². The Bertz CT molecular complexity index is 1410. The number of benzene rings is 2. The largest absolute Gasteiger partial charge is 0.522 e. The molecule has 2 heterocycles. The Morgan fingerprint density at radius 1 is 1.21 bits per heavy atom. The number of aromatic nitrogens is 2. The zero-order valence-electron chi connectivity index (χ0n) is 23.3. The maximum Gasteiger partial charge on any atom is 0.522 e. The van der Waals surface area contributed by atoms with Crippen molar-refractivity contribution in [1.82, 2.24) is 14.5 Å². The molecule has 226 valence electrons. The SMILES string of the molecule is C=N/C(=C\C=C/CC1CCN(Cc2nc3cc(NC)ccc3n2CCOC(F)(F)F)CC1)OCc1ccc(Cl)cc1F. The van der Waals surface area contributed by atoms with Gasteiger partial charge in [0.2, 0.25) is 5.88 Å². The van der Waals surface area contributed by atoms with Crippen LogP contribution in [-0.4, -0.2) is 54.3 Å². The number of piperidine rings is 1. The van der Waals surface area contributed by atoms with Crippen molar-refractivity contribution in [3.63, 3.8) is 0 Å². The summed E-state index contributed by atoms with van der Waals surface area (Å²) in [7, 11) is 1.81. The molecule has 1 fully saturated rings. The number of imidazole rings is 1. The average molecular weight is 608 g/mol. The van der Waals surface area contributed by atoms with Crippen LogP contribution in [0.15, 0.2) is 65.5 Å². The Morgan fingerprint density at radius 2 is 2.00 bits per heavy atom. The number of nitrogens with one attached hydrogen (secondary N) is 1. The summed E-state index contributed by atoms with van der Waals surface area (Å²) in [6, 6.07) is 10.0. The molecule has 0 aliphatic carbocycles. The molecule has 1 aliphatic heterocycles. The number of halogens is 5. The molecule has 2 aromatic carbocycles. The molecule has 0 unspecified atom stereocenters. The van der Waals surface area contributed by atoms with E-state index in [1.807, 2.05) is 28.8 Å². The fourth-order valence-corrected chi connectivity index (χ4v) is 5.06. The molecule has 7 nitrogen and oxygen atoms in total. The summed E-state index contributed by atoms with van der Waals surface area (Å²) in [6.45, 7) is 5.35. The number of likely N-dealkylation sites (tertiary alicyclic amines) is 1. The zero-order chi connectivity index (χ0) is 30.1. The number of rotatable bonds is 13. The van der Waals surface area contributed by atoms with Crippen LogP contribution in [0.25, 0.3) is 11.0 Å². The fourth-order valence-electron chi connectivity index (χ4n) is 4.90. The summed E-state index contributed by atoms with van der Waals surface area (Å²) in [5.41, 5.74) is 2.76. The molecule has 0 atom stereocenters. The lowest BCUT2D eigenvalue weighted by atomic mass is 9.93. The maximum atomic E-state index is 14.0. The quantitative estimate of drug-likeness (QED) is 0.0954. The van der Waals surface area contributed by atoms with Gasteiger partial charge in [-0.15, -0.1) is 13.2 Å². The van der Waals surface area contributed by atoms with Gasteiger partial charge < -0.3 is 14.6 Å². The van der Waals surface area contributed by atoms with E-state index in [1.54, 1.807) is 25.3 Å². The number of hydrogen-bond acceptors (Lipinski definition) is 6. The van der Waals surface area contributed by atoms with Crippen LogP contribution in [0.1, 0.15) is 30.7 Å². The zero-order valence-corrected chi connectivity index (χ0v) is 24.1. The van der Waals surface area contributed by atoms with Crippen molar-refractivity contribution >= 4 is 35.0 Å². The summed E-state index contributed by atoms with van der Waals surface area (Å²) in [6.07, 6.45) is 3.78. The molecular weight excluding hydrogens is 574 g/mol. The van der Waals surface area contributed by atoms with Crippen molar-refractivity contribution in [2.45, 2.75) is 45.3 Å². The lowest BCUT2D eigenvalue weighted by Gasteiger charge is -2.31. The minimum absolute atomic E-state index is 0.0139. The molecule has 1 N–H and O–H groups in total. The molecule has 0 saturated carbocycles. The van der Waals surface area contributed by atoms with Crippen LogP contribution in [0.2, 0.25) is 5.02 Å². The smallest absolute Gasteiger partial charge is 0.473 e. The van der Waals surface area contributed by atoms with Gasteiger partial charge in [-0.05, 0) is 81.4 Å². The number of nitrogens with zero attached hydrogens (tertiary/aromatic N) is 4. The topological polar surface area (TPSA) is 63.9 Å². The first-order valence-corrected chi connectivity index (χ1v) is 14.0. The lowest BCUT2D eigenvalue weighted by molar-refractivity contribution is -0.325. The van der Waals surface area contributed by atoms with Gasteiger partial charge in [0.25, 0.3) is 0 Å². The molecule has 4 rings (SSSR count). The van der Waals surface area contributed by atoms with Gasteiger partial charge in [0.15, 0.2) is 0 Å². The van der Waals surface area contributed by atoms with Gasteiger partial charge >= 0.3 is 6.36 Å². The summed E-state index contributed by atoms with van der Waals surface area (Å²) in [4.78, 5) is 10.9. The van der Waals surface area contributed by atoms with E-state index >= 15 is 0 Å². The minimum atomic E-state index is -4.67. The molecule has 1 aliphatic rings. The molecule has 0 radical (unpaired) electrons. The van der Waals surface area contributed by atoms with E-state index in [1.165, 1.54) is 6.07 Å². The van der Waals surface area contributed by atoms with Crippen LogP contribution in [0.4, 0.5) is 23.2 Å². The van der Waals surface area contributed by atoms with Crippen molar-refractivity contribution in [2.24, 2.45) is 10.9 Å². The summed E-state index contributed by atoms with van der Waals surface area (Å²) >= 11 is 5.79. The van der Waals surface area contributed by atoms with E-state index < -0.39 is 18.8 Å². The maximum absolute atomic E-state index is 14.0. The van der Waals surface area contributed by atoms with Crippen molar-refractivity contribution in [2.75, 3.05) is 32.1 Å². The fraction of sp³-hybridized carbons (Fsp3) is 0.400. The Hall–Kier alpha value is -3.41. The normalized spacial score (nSPS) is 15.5. The van der Waals surface area contributed by atoms with E-state index in [0.29, 0.717) is 28.9 Å². The number of anilines is 1. The van der Waals surface area contributed by atoms with Crippen molar-refractivity contribution < 1.29 is 27.0 Å². The second-order valence-corrected chi connectivity index (χ2v) is 10.4. The van der Waals surface area contributed by atoms with Gasteiger partial charge in [-0.3, -0.25) is 9.64 Å². The van der Waals surface area contributed by atoms with Gasteiger partial charge in [0.1, 0.15) is 18.2 Å². The van der Waals surface area contributed by atoms with Gasteiger partial charge in [-0.2, -0.15) is 0 Å². The predicted octanol–water partition coefficient (Wildman–Crippen LogP) is 7.32. The number of hydrogen-bond donors (Lipinski definition) is 1. The monoisotopic (exact) mass is 607 g/mol. The molecule has 1 saturated heterocycles. The van der Waals surface area contributed by atoms with E-state index in [9.17, 15) is 17.6 Å². The van der Waals surface area contributed by atoms with E-state index in [0.717, 1.165) is 54.9 Å². The number of ether oxygens (including phenoxy) is 2. The van der Waals surface area contributed by atoms with Crippen LogP contribution in [0, 0.1) is 11.7 Å². The van der Waals surface area contributed by atoms with E-state index in [2.05, 4.69) is 32.7 Å². The summed E-state index contributed by atoms with van der Waals surface area (Å²) in [5.74, 6) is 1.06. The number of alkyl halides is 3. The van der Waals surface area contributed by atoms with Crippen LogP contribution in [0.3, 0.4) is 0 Å². The standard InChI is InChI=1S/C30H34ClF4N5O2/c1-36-24-9-10-27-26(18-24)38-28(40(27)15-16-42-30(33,34)35)19-39-13-11-21(12-14-39)5-3-4-6-29(37-2)41-20-22-7-8-23(31)17-25(22)32/h3-4,6-10,17-18,21,36H,2,5,11-16,19-20H2,1H3/b4-3-,29-6+. The highest BCUT2D eigenvalue weighted by Gasteiger charge is 2.29. The van der Waals surface area contributed by atoms with E-state index in [-0.39, 0.29) is 13.2 Å². The van der Waals surface area contributed by atoms with Gasteiger partial charge in [0, 0.05) is 29.9 Å². The molecule has 42 heavy (non-hydrogen) atoms. The van der Waals surface area contributed by atoms with Crippen molar-refractivity contribution in [3.05, 3.63) is 82.7 Å². The number of allylic oxidation sites excluding steroid dienone is 3. The molecule has 0 bridgehead atoms. The molecule has 3 aromatic rings. The Kier molecular flexibility index (Phi) is 11.0. The first kappa shape index (κ1) is 31.5. The highest BCUT2D eigenvalue weighted by Crippen LogP contribution is 2.26. The highest BCUT2D eigenvalue weighted by atomic mass is 35.5. The molecule has 0 spiro atoms. The predicted molar refractivity (Wildman–Crippen MR) is 157 cm³/mol. The third-order valence-electron chi connectivity index (χ3n) is 7.16. The molecule has 0 amide bonds. The summed E-state index contributed by atoms with van der Waals surface area (Å²) in [5, 5.41) is 3.39. The first-order valence-electron chi connectivity index (χ1n) is 13.7. The molecular formula is C30H34ClF4N5O2. The third-order valence-corrected chi connectivity index (χ3v) is 7.39. The van der Waals surface area contributed by atoms with Crippen molar-refractivity contribution in [3.8, 4) is 0 Å². The highest BCUT2D eigenvalue weighted by molar-refractivity contribution is 6.30. The molecule has 12 heteroatoms. The number of fused-ring (bicyclic) bond motifs is 1. The Labute approximate surface area is 247 Å². The van der Waals surface area contributed by atoms with Gasteiger partial charge in [-0.1, -0.05) is 29.8 Å². The molecule has 1 aromatic heterocycles. The van der Waals surface area contributed by atoms with Crippen molar-refractivity contribution in [1.29, 1.82) is 0 Å². The Morgan fingerprint density at radius 3 is 2.69 bits per heavy atom. The number of aliphatic imine (C=N–C) groups is 1. The Balaban J connectivity index is 1.29. The van der Waals surface area contributed by atoms with Gasteiger partial charge in [-0.25, -0.2) is 14.4 Å². The van der Waals surface area contributed by atoms with Crippen LogP contribution < -0.4 is 5.32 Å². The third kappa shape index (κ3) is 9.04. The van der Waals surface area contributed by atoms with Gasteiger partial charge in [0.05, 0.1) is 24.2 Å². The van der Waals surface area contributed by atoms with E-state index in [4.69, 9.17) is 21.3 Å². The second kappa shape index (κ2) is 14.7. The lowest BCUT2D eigenvalue weighted by Crippen LogP contribution is -2.34. The van der Waals surface area contributed by atoms with Crippen LogP contribution >= 0.6 is 11.6 Å². The second-order valence-electron chi connectivity index (χ2n) is 10.00. The minimum Gasteiger partial charge on any atom is -0.473 e. The van der Waals surface area contributed by atoms with Crippen LogP contribution in [0.5, 0.6) is 0 Å². The average Bonchev–Trinajstić information content (AvgIpc) is 3.29. The summed E-state index contributed by atoms with van der Waals surface area (Å²) < 4.78 is 63.2.